The molecule has 48 valence electrons. The van der Waals surface area contributed by atoms with E-state index in [9.17, 15) is 4.79 Å². The zero-order valence-electron chi connectivity index (χ0n) is 5.48. The van der Waals surface area contributed by atoms with Gasteiger partial charge in [0.2, 0.25) is 0 Å². The lowest BCUT2D eigenvalue weighted by molar-refractivity contribution is -0.121. The Bertz CT molecular complexity index is 78.6. The Morgan fingerprint density at radius 2 is 2.12 bits per heavy atom. The van der Waals surface area contributed by atoms with Gasteiger partial charge in [0.05, 0.1) is 0 Å². The van der Waals surface area contributed by atoms with Crippen LogP contribution in [-0.4, -0.2) is 12.3 Å². The van der Waals surface area contributed by atoms with E-state index in [0.717, 1.165) is 0 Å². The molecule has 0 radical (unpaired) electrons. The fourth-order valence-corrected chi connectivity index (χ4v) is 0.431. The highest BCUT2D eigenvalue weighted by atomic mass is 16.1. The van der Waals surface area contributed by atoms with E-state index in [0.29, 0.717) is 13.0 Å². The van der Waals surface area contributed by atoms with E-state index in [2.05, 4.69) is 0 Å². The van der Waals surface area contributed by atoms with Crippen LogP contribution in [0.2, 0.25) is 0 Å². The molecule has 0 spiro atoms. The first-order valence-electron chi connectivity index (χ1n) is 2.91. The summed E-state index contributed by atoms with van der Waals surface area (Å²) in [6.45, 7) is 4.26. The first-order valence-corrected chi connectivity index (χ1v) is 2.91. The zero-order valence-corrected chi connectivity index (χ0v) is 5.48. The molecular formula is C6H13NO. The molecule has 2 N–H and O–H groups in total. The average Bonchev–Trinajstić information content (AvgIpc) is 1.67. The van der Waals surface area contributed by atoms with Crippen molar-refractivity contribution in [2.75, 3.05) is 6.54 Å². The predicted octanol–water partition coefficient (Wildman–Crippen LogP) is 0.560. The molecule has 0 saturated heterocycles. The third kappa shape index (κ3) is 2.75. The fraction of sp³-hybridized carbons (Fsp3) is 0.833. The van der Waals surface area contributed by atoms with Crippen LogP contribution in [0.4, 0.5) is 0 Å². The predicted molar refractivity (Wildman–Crippen MR) is 33.5 cm³/mol. The van der Waals surface area contributed by atoms with E-state index in [4.69, 9.17) is 5.73 Å². The van der Waals surface area contributed by atoms with Gasteiger partial charge in [0, 0.05) is 12.3 Å². The van der Waals surface area contributed by atoms with E-state index in [1.807, 2.05) is 13.8 Å². The minimum absolute atomic E-state index is 0.151. The number of ketones is 1. The second-order valence-electron chi connectivity index (χ2n) is 2.16. The van der Waals surface area contributed by atoms with Crippen molar-refractivity contribution in [1.82, 2.24) is 0 Å². The van der Waals surface area contributed by atoms with E-state index in [1.165, 1.54) is 0 Å². The molecule has 0 fully saturated rings. The normalized spacial score (nSPS) is 10.0. The summed E-state index contributed by atoms with van der Waals surface area (Å²) in [7, 11) is 0. The number of carbonyl (C=O) groups is 1. The second kappa shape index (κ2) is 3.61. The number of hydrogen-bond acceptors (Lipinski definition) is 2. The summed E-state index contributed by atoms with van der Waals surface area (Å²) in [6.07, 6.45) is 0.525. The summed E-state index contributed by atoms with van der Waals surface area (Å²) < 4.78 is 0. The van der Waals surface area contributed by atoms with Crippen molar-refractivity contribution < 1.29 is 4.79 Å². The summed E-state index contributed by atoms with van der Waals surface area (Å²) >= 11 is 0. The fourth-order valence-electron chi connectivity index (χ4n) is 0.431. The number of carbonyl (C=O) groups excluding carboxylic acids is 1. The lowest BCUT2D eigenvalue weighted by Crippen LogP contribution is -2.12. The van der Waals surface area contributed by atoms with Gasteiger partial charge < -0.3 is 5.73 Å². The van der Waals surface area contributed by atoms with Crippen LogP contribution in [0.5, 0.6) is 0 Å². The van der Waals surface area contributed by atoms with Crippen molar-refractivity contribution in [3.8, 4) is 0 Å². The molecule has 0 aliphatic carbocycles. The highest BCUT2D eigenvalue weighted by molar-refractivity contribution is 5.80. The maximum absolute atomic E-state index is 10.7. The quantitative estimate of drug-likeness (QED) is 0.584. The van der Waals surface area contributed by atoms with Gasteiger partial charge in [0.1, 0.15) is 5.78 Å². The SMILES string of the molecule is CC(C)C(=O)CCN. The maximum atomic E-state index is 10.7. The lowest BCUT2D eigenvalue weighted by atomic mass is 10.1. The van der Waals surface area contributed by atoms with E-state index < -0.39 is 0 Å². The van der Waals surface area contributed by atoms with Crippen molar-refractivity contribution in [2.24, 2.45) is 11.7 Å². The van der Waals surface area contributed by atoms with Gasteiger partial charge in [0.25, 0.3) is 0 Å². The van der Waals surface area contributed by atoms with Gasteiger partial charge >= 0.3 is 0 Å². The lowest BCUT2D eigenvalue weighted by Gasteiger charge is -1.98. The molecule has 0 rings (SSSR count). The second-order valence-corrected chi connectivity index (χ2v) is 2.16. The Morgan fingerprint density at radius 3 is 2.25 bits per heavy atom. The molecule has 0 aromatic rings. The van der Waals surface area contributed by atoms with Gasteiger partial charge in [0.15, 0.2) is 0 Å². The third-order valence-corrected chi connectivity index (χ3v) is 1.03. The highest BCUT2D eigenvalue weighted by Crippen LogP contribution is 1.95. The van der Waals surface area contributed by atoms with Gasteiger partial charge in [-0.1, -0.05) is 13.8 Å². The van der Waals surface area contributed by atoms with Crippen LogP contribution in [0.15, 0.2) is 0 Å². The molecular weight excluding hydrogens is 102 g/mol. The van der Waals surface area contributed by atoms with E-state index >= 15 is 0 Å². The molecule has 0 aromatic carbocycles. The molecule has 0 aliphatic rings. The summed E-state index contributed by atoms with van der Waals surface area (Å²) in [5.41, 5.74) is 5.15. The van der Waals surface area contributed by atoms with Gasteiger partial charge in [-0.2, -0.15) is 0 Å². The number of hydrogen-bond donors (Lipinski definition) is 1. The first kappa shape index (κ1) is 7.63. The number of Topliss-reactive ketones (excluding diaryl/α,β-unsaturated/α-hetero) is 1. The molecule has 0 bridgehead atoms. The number of nitrogens with two attached hydrogens (primary N) is 1. The zero-order chi connectivity index (χ0) is 6.57. The minimum Gasteiger partial charge on any atom is -0.330 e. The Hall–Kier alpha value is -0.370. The Balaban J connectivity index is 3.33. The molecule has 2 heteroatoms. The summed E-state index contributed by atoms with van der Waals surface area (Å²) in [5, 5.41) is 0. The van der Waals surface area contributed by atoms with Gasteiger partial charge in [-0.15, -0.1) is 0 Å². The summed E-state index contributed by atoms with van der Waals surface area (Å²) in [6, 6.07) is 0. The van der Waals surface area contributed by atoms with Crippen LogP contribution in [0.25, 0.3) is 0 Å². The van der Waals surface area contributed by atoms with Crippen LogP contribution < -0.4 is 5.73 Å². The molecule has 0 aromatic heterocycles. The van der Waals surface area contributed by atoms with Crippen LogP contribution in [0.1, 0.15) is 20.3 Å². The van der Waals surface area contributed by atoms with Crippen LogP contribution in [-0.2, 0) is 4.79 Å². The number of rotatable bonds is 3. The monoisotopic (exact) mass is 115 g/mol. The van der Waals surface area contributed by atoms with Gasteiger partial charge in [-0.3, -0.25) is 4.79 Å². The van der Waals surface area contributed by atoms with Gasteiger partial charge in [-0.05, 0) is 6.54 Å². The molecule has 8 heavy (non-hydrogen) atoms. The van der Waals surface area contributed by atoms with Crippen LogP contribution in [0, 0.1) is 5.92 Å². The molecule has 0 unspecified atom stereocenters. The Kier molecular flexibility index (Phi) is 3.44. The minimum atomic E-state index is 0.151. The smallest absolute Gasteiger partial charge is 0.136 e. The molecule has 2 nitrogen and oxygen atoms in total. The average molecular weight is 115 g/mol. The Morgan fingerprint density at radius 1 is 1.62 bits per heavy atom. The highest BCUT2D eigenvalue weighted by Gasteiger charge is 2.03. The maximum Gasteiger partial charge on any atom is 0.136 e. The molecule has 0 aliphatic heterocycles. The summed E-state index contributed by atoms with van der Waals surface area (Å²) in [5.74, 6) is 0.408. The topological polar surface area (TPSA) is 43.1 Å². The van der Waals surface area contributed by atoms with E-state index in [1.54, 1.807) is 0 Å². The van der Waals surface area contributed by atoms with Crippen molar-refractivity contribution in [3.05, 3.63) is 0 Å². The van der Waals surface area contributed by atoms with Crippen molar-refractivity contribution in [1.29, 1.82) is 0 Å². The van der Waals surface area contributed by atoms with Gasteiger partial charge in [-0.25, -0.2) is 0 Å². The molecule has 0 heterocycles. The first-order chi connectivity index (χ1) is 3.68. The van der Waals surface area contributed by atoms with Crippen LogP contribution in [0.3, 0.4) is 0 Å². The largest absolute Gasteiger partial charge is 0.330 e. The summed E-state index contributed by atoms with van der Waals surface area (Å²) in [4.78, 5) is 10.7. The third-order valence-electron chi connectivity index (χ3n) is 1.03. The van der Waals surface area contributed by atoms with Crippen molar-refractivity contribution in [3.63, 3.8) is 0 Å². The van der Waals surface area contributed by atoms with Crippen molar-refractivity contribution >= 4 is 5.78 Å². The Labute approximate surface area is 50.1 Å². The molecule has 0 atom stereocenters. The standard InChI is InChI=1S/C6H13NO/c1-5(2)6(8)3-4-7/h5H,3-4,7H2,1-2H3. The molecule has 0 saturated carbocycles. The molecule has 0 amide bonds. The van der Waals surface area contributed by atoms with Crippen molar-refractivity contribution in [2.45, 2.75) is 20.3 Å². The van der Waals surface area contributed by atoms with E-state index in [-0.39, 0.29) is 11.7 Å². The van der Waals surface area contributed by atoms with Crippen LogP contribution >= 0.6 is 0 Å².